The van der Waals surface area contributed by atoms with Crippen molar-refractivity contribution in [1.29, 1.82) is 0 Å². The zero-order valence-electron chi connectivity index (χ0n) is 13.8. The quantitative estimate of drug-likeness (QED) is 0.645. The van der Waals surface area contributed by atoms with E-state index in [1.807, 2.05) is 18.2 Å². The minimum Gasteiger partial charge on any atom is -0.454 e. The topological polar surface area (TPSA) is 54.9 Å². The molecule has 2 aromatic rings. The molecule has 132 valence electrons. The maximum absolute atomic E-state index is 13.6. The number of benzene rings is 2. The van der Waals surface area contributed by atoms with Gasteiger partial charge in [-0.15, -0.1) is 0 Å². The fourth-order valence-electron chi connectivity index (χ4n) is 2.51. The first-order chi connectivity index (χ1) is 12.2. The summed E-state index contributed by atoms with van der Waals surface area (Å²) in [6.07, 6.45) is 0.355. The molecule has 0 saturated carbocycles. The largest absolute Gasteiger partial charge is 0.454 e. The standard InChI is InChI=1S/C18H19F2N3O2/c1-21-18(22-7-6-13-9-14(19)3-4-15(13)20)23-10-12-2-5-16-17(8-12)25-11-24-16/h2-5,8-9H,6-7,10-11H2,1H3,(H2,21,22,23). The molecule has 2 N–H and O–H groups in total. The molecule has 1 heterocycles. The zero-order chi connectivity index (χ0) is 17.6. The van der Waals surface area contributed by atoms with Gasteiger partial charge in [-0.1, -0.05) is 6.07 Å². The first kappa shape index (κ1) is 17.0. The molecule has 0 saturated heterocycles. The van der Waals surface area contributed by atoms with Crippen LogP contribution >= 0.6 is 0 Å². The molecular formula is C18H19F2N3O2. The Kier molecular flexibility index (Phi) is 5.33. The fraction of sp³-hybridized carbons (Fsp3) is 0.278. The van der Waals surface area contributed by atoms with Gasteiger partial charge in [0.2, 0.25) is 6.79 Å². The van der Waals surface area contributed by atoms with E-state index in [9.17, 15) is 8.78 Å². The van der Waals surface area contributed by atoms with Gasteiger partial charge in [-0.2, -0.15) is 0 Å². The Morgan fingerprint density at radius 1 is 1.08 bits per heavy atom. The van der Waals surface area contributed by atoms with E-state index in [4.69, 9.17) is 9.47 Å². The van der Waals surface area contributed by atoms with Gasteiger partial charge in [0.25, 0.3) is 0 Å². The summed E-state index contributed by atoms with van der Waals surface area (Å²) in [6.45, 7) is 1.22. The van der Waals surface area contributed by atoms with Crippen LogP contribution in [-0.4, -0.2) is 26.3 Å². The van der Waals surface area contributed by atoms with Crippen LogP contribution in [0.4, 0.5) is 8.78 Å². The van der Waals surface area contributed by atoms with Gasteiger partial charge >= 0.3 is 0 Å². The van der Waals surface area contributed by atoms with Gasteiger partial charge in [0.1, 0.15) is 11.6 Å². The van der Waals surface area contributed by atoms with Gasteiger partial charge < -0.3 is 20.1 Å². The number of rotatable bonds is 5. The van der Waals surface area contributed by atoms with E-state index in [0.29, 0.717) is 31.0 Å². The SMILES string of the molecule is CN=C(NCCc1cc(F)ccc1F)NCc1ccc2c(c1)OCO2. The highest BCUT2D eigenvalue weighted by molar-refractivity contribution is 5.79. The molecule has 5 nitrogen and oxygen atoms in total. The van der Waals surface area contributed by atoms with Crippen molar-refractivity contribution < 1.29 is 18.3 Å². The summed E-state index contributed by atoms with van der Waals surface area (Å²) in [7, 11) is 1.65. The molecule has 3 rings (SSSR count). The summed E-state index contributed by atoms with van der Waals surface area (Å²) in [4.78, 5) is 4.12. The van der Waals surface area contributed by atoms with Crippen LogP contribution in [0.2, 0.25) is 0 Å². The number of nitrogens with one attached hydrogen (secondary N) is 2. The number of hydrogen-bond donors (Lipinski definition) is 2. The highest BCUT2D eigenvalue weighted by Gasteiger charge is 2.13. The lowest BCUT2D eigenvalue weighted by Gasteiger charge is -2.12. The van der Waals surface area contributed by atoms with E-state index < -0.39 is 11.6 Å². The molecule has 0 bridgehead atoms. The van der Waals surface area contributed by atoms with Crippen molar-refractivity contribution in [2.45, 2.75) is 13.0 Å². The van der Waals surface area contributed by atoms with Crippen LogP contribution in [0.15, 0.2) is 41.4 Å². The molecular weight excluding hydrogens is 328 g/mol. The Labute approximate surface area is 144 Å². The first-order valence-corrected chi connectivity index (χ1v) is 7.92. The van der Waals surface area contributed by atoms with Crippen molar-refractivity contribution in [3.63, 3.8) is 0 Å². The number of guanidine groups is 1. The van der Waals surface area contributed by atoms with Gasteiger partial charge in [0.15, 0.2) is 17.5 Å². The summed E-state index contributed by atoms with van der Waals surface area (Å²) in [6, 6.07) is 9.16. The van der Waals surface area contributed by atoms with E-state index in [0.717, 1.165) is 29.2 Å². The minimum atomic E-state index is -0.443. The smallest absolute Gasteiger partial charge is 0.231 e. The lowest BCUT2D eigenvalue weighted by atomic mass is 10.1. The van der Waals surface area contributed by atoms with Crippen LogP contribution in [0.25, 0.3) is 0 Å². The Morgan fingerprint density at radius 2 is 1.92 bits per heavy atom. The molecule has 0 aliphatic carbocycles. The Morgan fingerprint density at radius 3 is 2.76 bits per heavy atom. The summed E-state index contributed by atoms with van der Waals surface area (Å²) >= 11 is 0. The van der Waals surface area contributed by atoms with E-state index in [1.54, 1.807) is 7.05 Å². The lowest BCUT2D eigenvalue weighted by molar-refractivity contribution is 0.174. The highest BCUT2D eigenvalue weighted by atomic mass is 19.1. The third-order valence-electron chi connectivity index (χ3n) is 3.82. The van der Waals surface area contributed by atoms with Gasteiger partial charge in [-0.05, 0) is 47.9 Å². The molecule has 0 spiro atoms. The van der Waals surface area contributed by atoms with Crippen molar-refractivity contribution in [2.24, 2.45) is 4.99 Å². The van der Waals surface area contributed by atoms with Crippen LogP contribution in [0.1, 0.15) is 11.1 Å². The van der Waals surface area contributed by atoms with Gasteiger partial charge in [-0.3, -0.25) is 4.99 Å². The molecule has 7 heteroatoms. The van der Waals surface area contributed by atoms with Crippen LogP contribution < -0.4 is 20.1 Å². The number of nitrogens with zero attached hydrogens (tertiary/aromatic N) is 1. The summed E-state index contributed by atoms with van der Waals surface area (Å²) < 4.78 is 37.4. The van der Waals surface area contributed by atoms with Crippen molar-refractivity contribution in [3.8, 4) is 11.5 Å². The van der Waals surface area contributed by atoms with Gasteiger partial charge in [-0.25, -0.2) is 8.78 Å². The molecule has 0 amide bonds. The highest BCUT2D eigenvalue weighted by Crippen LogP contribution is 2.32. The van der Waals surface area contributed by atoms with Crippen molar-refractivity contribution in [3.05, 3.63) is 59.2 Å². The summed E-state index contributed by atoms with van der Waals surface area (Å²) in [5, 5.41) is 6.24. The van der Waals surface area contributed by atoms with Gasteiger partial charge in [0, 0.05) is 20.1 Å². The molecule has 0 radical (unpaired) electrons. The number of halogens is 2. The number of hydrogen-bond acceptors (Lipinski definition) is 3. The van der Waals surface area contributed by atoms with Gasteiger partial charge in [0.05, 0.1) is 0 Å². The molecule has 0 atom stereocenters. The molecule has 0 unspecified atom stereocenters. The molecule has 25 heavy (non-hydrogen) atoms. The fourth-order valence-corrected chi connectivity index (χ4v) is 2.51. The maximum atomic E-state index is 13.6. The normalized spacial score (nSPS) is 13.0. The average molecular weight is 347 g/mol. The first-order valence-electron chi connectivity index (χ1n) is 7.92. The lowest BCUT2D eigenvalue weighted by Crippen LogP contribution is -2.37. The number of fused-ring (bicyclic) bond motifs is 1. The molecule has 0 fully saturated rings. The average Bonchev–Trinajstić information content (AvgIpc) is 3.08. The second kappa shape index (κ2) is 7.83. The Bertz CT molecular complexity index is 781. The van der Waals surface area contributed by atoms with E-state index in [2.05, 4.69) is 15.6 Å². The number of aliphatic imine (C=N–C) groups is 1. The second-order valence-electron chi connectivity index (χ2n) is 5.53. The van der Waals surface area contributed by atoms with Crippen LogP contribution in [0, 0.1) is 11.6 Å². The summed E-state index contributed by atoms with van der Waals surface area (Å²) in [5.74, 6) is 1.19. The van der Waals surface area contributed by atoms with Crippen molar-refractivity contribution in [2.75, 3.05) is 20.4 Å². The second-order valence-corrected chi connectivity index (χ2v) is 5.53. The molecule has 0 aromatic heterocycles. The predicted octanol–water partition coefficient (Wildman–Crippen LogP) is 2.60. The van der Waals surface area contributed by atoms with E-state index in [-0.39, 0.29) is 6.79 Å². The van der Waals surface area contributed by atoms with Crippen LogP contribution in [-0.2, 0) is 13.0 Å². The minimum absolute atomic E-state index is 0.242. The number of ether oxygens (including phenoxy) is 2. The Hall–Kier alpha value is -2.83. The van der Waals surface area contributed by atoms with Crippen molar-refractivity contribution in [1.82, 2.24) is 10.6 Å². The molecule has 1 aliphatic rings. The maximum Gasteiger partial charge on any atom is 0.231 e. The van der Waals surface area contributed by atoms with Crippen LogP contribution in [0.3, 0.4) is 0 Å². The molecule has 2 aromatic carbocycles. The van der Waals surface area contributed by atoms with E-state index in [1.165, 1.54) is 6.07 Å². The Balaban J connectivity index is 1.49. The van der Waals surface area contributed by atoms with Crippen molar-refractivity contribution >= 4 is 5.96 Å². The molecule has 1 aliphatic heterocycles. The third kappa shape index (κ3) is 4.37. The third-order valence-corrected chi connectivity index (χ3v) is 3.82. The predicted molar refractivity (Wildman–Crippen MR) is 90.8 cm³/mol. The summed E-state index contributed by atoms with van der Waals surface area (Å²) in [5.41, 5.74) is 1.35. The zero-order valence-corrected chi connectivity index (χ0v) is 13.8. The van der Waals surface area contributed by atoms with E-state index >= 15 is 0 Å². The van der Waals surface area contributed by atoms with Crippen LogP contribution in [0.5, 0.6) is 11.5 Å². The monoisotopic (exact) mass is 347 g/mol.